The summed E-state index contributed by atoms with van der Waals surface area (Å²) in [7, 11) is 2.04. The SMILES string of the molecule is CN1CCN(CCCOc2ccc3c(Nc4cnn(CC(=O)Nc5cccc(F)c5F)c4)ncnc3c2)C[C@H]1CO. The molecule has 0 bridgehead atoms. The van der Waals surface area contributed by atoms with E-state index in [0.717, 1.165) is 44.1 Å². The predicted octanol–water partition coefficient (Wildman–Crippen LogP) is 2.86. The largest absolute Gasteiger partial charge is 0.493 e. The first-order valence-corrected chi connectivity index (χ1v) is 13.3. The van der Waals surface area contributed by atoms with Gasteiger partial charge in [0, 0.05) is 49.9 Å². The highest BCUT2D eigenvalue weighted by Gasteiger charge is 2.23. The number of amides is 1. The van der Waals surface area contributed by atoms with Gasteiger partial charge in [-0.3, -0.25) is 14.4 Å². The molecule has 1 aliphatic rings. The summed E-state index contributed by atoms with van der Waals surface area (Å²) in [5.74, 6) is -1.44. The number of piperazine rings is 1. The van der Waals surface area contributed by atoms with Crippen LogP contribution in [0, 0.1) is 11.6 Å². The van der Waals surface area contributed by atoms with Crippen LogP contribution >= 0.6 is 0 Å². The molecule has 0 saturated carbocycles. The van der Waals surface area contributed by atoms with Gasteiger partial charge < -0.3 is 25.4 Å². The molecule has 1 aliphatic heterocycles. The van der Waals surface area contributed by atoms with Crippen LogP contribution in [0.25, 0.3) is 10.9 Å². The lowest BCUT2D eigenvalue weighted by molar-refractivity contribution is -0.116. The monoisotopic (exact) mass is 566 g/mol. The topological polar surface area (TPSA) is 121 Å². The summed E-state index contributed by atoms with van der Waals surface area (Å²) < 4.78 is 34.6. The molecular weight excluding hydrogens is 534 g/mol. The van der Waals surface area contributed by atoms with Crippen molar-refractivity contribution >= 4 is 34.0 Å². The molecule has 0 aliphatic carbocycles. The minimum Gasteiger partial charge on any atom is -0.493 e. The van der Waals surface area contributed by atoms with Gasteiger partial charge in [0.05, 0.1) is 36.3 Å². The molecule has 5 rings (SSSR count). The van der Waals surface area contributed by atoms with Crippen LogP contribution in [0.2, 0.25) is 0 Å². The zero-order valence-electron chi connectivity index (χ0n) is 22.6. The number of nitrogens with zero attached hydrogens (tertiary/aromatic N) is 6. The molecule has 1 saturated heterocycles. The highest BCUT2D eigenvalue weighted by atomic mass is 19.2. The molecule has 0 unspecified atom stereocenters. The summed E-state index contributed by atoms with van der Waals surface area (Å²) in [5.41, 5.74) is 1.05. The van der Waals surface area contributed by atoms with Gasteiger partial charge in [0.2, 0.25) is 5.91 Å². The van der Waals surface area contributed by atoms with E-state index in [9.17, 15) is 18.7 Å². The van der Waals surface area contributed by atoms with Crippen LogP contribution in [0.15, 0.2) is 55.1 Å². The highest BCUT2D eigenvalue weighted by Crippen LogP contribution is 2.26. The Morgan fingerprint density at radius 3 is 2.93 bits per heavy atom. The normalized spacial score (nSPS) is 16.1. The molecule has 2 aromatic carbocycles. The number of halogens is 2. The summed E-state index contributed by atoms with van der Waals surface area (Å²) in [4.78, 5) is 25.6. The van der Waals surface area contributed by atoms with Gasteiger partial charge in [0.15, 0.2) is 11.6 Å². The number of hydrogen-bond acceptors (Lipinski definition) is 9. The zero-order valence-corrected chi connectivity index (χ0v) is 22.6. The number of aliphatic hydroxyl groups is 1. The third-order valence-corrected chi connectivity index (χ3v) is 6.99. The number of ether oxygens (including phenoxy) is 1. The lowest BCUT2D eigenvalue weighted by Gasteiger charge is -2.38. The Morgan fingerprint density at radius 1 is 1.20 bits per heavy atom. The molecule has 13 heteroatoms. The first kappa shape index (κ1) is 28.3. The van der Waals surface area contributed by atoms with Crippen LogP contribution in [0.1, 0.15) is 6.42 Å². The number of aromatic nitrogens is 4. The summed E-state index contributed by atoms with van der Waals surface area (Å²) in [5, 5.41) is 20.0. The second-order valence-electron chi connectivity index (χ2n) is 9.92. The fourth-order valence-corrected chi connectivity index (χ4v) is 4.70. The smallest absolute Gasteiger partial charge is 0.246 e. The van der Waals surface area contributed by atoms with E-state index in [1.165, 1.54) is 29.3 Å². The molecule has 41 heavy (non-hydrogen) atoms. The number of hydrogen-bond donors (Lipinski definition) is 3. The van der Waals surface area contributed by atoms with E-state index in [4.69, 9.17) is 4.74 Å². The Hall–Kier alpha value is -4.20. The molecule has 1 amide bonds. The van der Waals surface area contributed by atoms with Gasteiger partial charge in [-0.2, -0.15) is 5.10 Å². The molecule has 0 spiro atoms. The molecule has 3 heterocycles. The van der Waals surface area contributed by atoms with Crippen molar-refractivity contribution in [2.45, 2.75) is 19.0 Å². The number of carbonyl (C=O) groups excluding carboxylic acids is 1. The van der Waals surface area contributed by atoms with E-state index in [2.05, 4.69) is 35.5 Å². The second-order valence-corrected chi connectivity index (χ2v) is 9.92. The van der Waals surface area contributed by atoms with Crippen molar-refractivity contribution in [1.82, 2.24) is 29.5 Å². The molecule has 1 fully saturated rings. The second kappa shape index (κ2) is 13.0. The van der Waals surface area contributed by atoms with E-state index in [1.807, 2.05) is 25.2 Å². The Kier molecular flexibility index (Phi) is 8.97. The standard InChI is InChI=1S/C28H32F2N8O3/c1-36-9-10-37(15-20(36)17-39)8-3-11-41-21-6-7-22-25(12-21)31-18-32-28(22)34-19-13-33-38(14-19)16-26(40)35-24-5-2-4-23(29)27(24)30/h2,4-7,12-14,18,20,39H,3,8-11,15-17H2,1H3,(H,35,40)(H,31,32,34)/t20-/m0/s1. The van der Waals surface area contributed by atoms with E-state index in [-0.39, 0.29) is 24.9 Å². The summed E-state index contributed by atoms with van der Waals surface area (Å²) in [6.45, 7) is 4.23. The Balaban J connectivity index is 1.14. The maximum absolute atomic E-state index is 13.8. The number of nitrogens with one attached hydrogen (secondary N) is 2. The summed E-state index contributed by atoms with van der Waals surface area (Å²) in [6.07, 6.45) is 5.46. The van der Waals surface area contributed by atoms with Gasteiger partial charge in [0.25, 0.3) is 0 Å². The van der Waals surface area contributed by atoms with Crippen LogP contribution in [0.5, 0.6) is 5.75 Å². The minimum atomic E-state index is -1.12. The minimum absolute atomic E-state index is 0.166. The van der Waals surface area contributed by atoms with Crippen molar-refractivity contribution in [2.24, 2.45) is 0 Å². The van der Waals surface area contributed by atoms with Gasteiger partial charge in [0.1, 0.15) is 24.4 Å². The molecule has 2 aromatic heterocycles. The van der Waals surface area contributed by atoms with Crippen LogP contribution in [0.4, 0.5) is 26.0 Å². The van der Waals surface area contributed by atoms with Crippen molar-refractivity contribution in [3.63, 3.8) is 0 Å². The maximum Gasteiger partial charge on any atom is 0.246 e. The number of likely N-dealkylation sites (N-methyl/N-ethyl adjacent to an activating group) is 1. The van der Waals surface area contributed by atoms with Crippen LogP contribution in [0.3, 0.4) is 0 Å². The summed E-state index contributed by atoms with van der Waals surface area (Å²) >= 11 is 0. The molecule has 3 N–H and O–H groups in total. The Bertz CT molecular complexity index is 1500. The molecule has 11 nitrogen and oxygen atoms in total. The van der Waals surface area contributed by atoms with Crippen LogP contribution in [-0.4, -0.2) is 93.0 Å². The van der Waals surface area contributed by atoms with E-state index >= 15 is 0 Å². The van der Waals surface area contributed by atoms with E-state index < -0.39 is 17.5 Å². The van der Waals surface area contributed by atoms with Gasteiger partial charge in [-0.25, -0.2) is 18.7 Å². The first-order valence-electron chi connectivity index (χ1n) is 13.3. The quantitative estimate of drug-likeness (QED) is 0.235. The Morgan fingerprint density at radius 2 is 2.07 bits per heavy atom. The van der Waals surface area contributed by atoms with Crippen molar-refractivity contribution in [3.05, 3.63) is 66.8 Å². The number of carbonyl (C=O) groups is 1. The van der Waals surface area contributed by atoms with Crippen molar-refractivity contribution in [2.75, 3.05) is 57.1 Å². The van der Waals surface area contributed by atoms with E-state index in [1.54, 1.807) is 6.20 Å². The third kappa shape index (κ3) is 7.12. The van der Waals surface area contributed by atoms with Gasteiger partial charge in [-0.15, -0.1) is 0 Å². The highest BCUT2D eigenvalue weighted by molar-refractivity contribution is 5.92. The van der Waals surface area contributed by atoms with E-state index in [0.29, 0.717) is 29.4 Å². The van der Waals surface area contributed by atoms with Gasteiger partial charge >= 0.3 is 0 Å². The fraction of sp³-hybridized carbons (Fsp3) is 0.357. The van der Waals surface area contributed by atoms with Crippen molar-refractivity contribution < 1.29 is 23.4 Å². The molecule has 1 atom stereocenters. The molecule has 4 aromatic rings. The molecule has 0 radical (unpaired) electrons. The van der Waals surface area contributed by atoms with Gasteiger partial charge in [-0.1, -0.05) is 6.07 Å². The van der Waals surface area contributed by atoms with Crippen molar-refractivity contribution in [1.29, 1.82) is 0 Å². The van der Waals surface area contributed by atoms with Crippen LogP contribution < -0.4 is 15.4 Å². The molecule has 216 valence electrons. The first-order chi connectivity index (χ1) is 19.9. The van der Waals surface area contributed by atoms with Gasteiger partial charge in [-0.05, 0) is 37.7 Å². The number of fused-ring (bicyclic) bond motifs is 1. The predicted molar refractivity (Wildman–Crippen MR) is 150 cm³/mol. The zero-order chi connectivity index (χ0) is 28.8. The number of aliphatic hydroxyl groups excluding tert-OH is 1. The average Bonchev–Trinajstić information content (AvgIpc) is 3.40. The maximum atomic E-state index is 13.8. The lowest BCUT2D eigenvalue weighted by atomic mass is 10.2. The fourth-order valence-electron chi connectivity index (χ4n) is 4.70. The number of rotatable bonds is 11. The summed E-state index contributed by atoms with van der Waals surface area (Å²) in [6, 6.07) is 9.36. The van der Waals surface area contributed by atoms with Crippen LogP contribution in [-0.2, 0) is 11.3 Å². The Labute approximate surface area is 235 Å². The lowest BCUT2D eigenvalue weighted by Crippen LogP contribution is -2.53. The van der Waals surface area contributed by atoms with Crippen molar-refractivity contribution in [3.8, 4) is 5.75 Å². The third-order valence-electron chi connectivity index (χ3n) is 6.99. The average molecular weight is 567 g/mol. The number of benzene rings is 2. The molecular formula is C28H32F2N8O3. The number of anilines is 3.